The van der Waals surface area contributed by atoms with E-state index in [2.05, 4.69) is 25.6 Å². The first-order valence-electron chi connectivity index (χ1n) is 8.90. The smallest absolute Gasteiger partial charge is 0.265 e. The Kier molecular flexibility index (Phi) is 6.52. The predicted octanol–water partition coefficient (Wildman–Crippen LogP) is 4.05. The molecule has 1 heterocycles. The number of carbonyl (C=O) groups excluding carboxylic acids is 1. The molecule has 9 heteroatoms. The SMILES string of the molecule is Cc1ccc(C(=O)NS(=O)(=O)c2cnc(N(C)Cc3ccc(F)cc3)c(Br)c2)cc1. The van der Waals surface area contributed by atoms with Gasteiger partial charge in [0.15, 0.2) is 0 Å². The van der Waals surface area contributed by atoms with E-state index in [4.69, 9.17) is 0 Å². The lowest BCUT2D eigenvalue weighted by Gasteiger charge is -2.20. The summed E-state index contributed by atoms with van der Waals surface area (Å²) >= 11 is 3.34. The minimum atomic E-state index is -4.10. The second kappa shape index (κ2) is 8.93. The summed E-state index contributed by atoms with van der Waals surface area (Å²) in [7, 11) is -2.32. The summed E-state index contributed by atoms with van der Waals surface area (Å²) in [5, 5.41) is 0. The van der Waals surface area contributed by atoms with Crippen LogP contribution in [-0.4, -0.2) is 26.4 Å². The van der Waals surface area contributed by atoms with Gasteiger partial charge < -0.3 is 4.90 Å². The zero-order chi connectivity index (χ0) is 21.9. The average molecular weight is 492 g/mol. The molecule has 2 aromatic carbocycles. The molecule has 0 saturated carbocycles. The summed E-state index contributed by atoms with van der Waals surface area (Å²) in [5.41, 5.74) is 2.07. The number of halogens is 2. The zero-order valence-corrected chi connectivity index (χ0v) is 18.7. The number of carbonyl (C=O) groups is 1. The quantitative estimate of drug-likeness (QED) is 0.562. The molecule has 1 amide bonds. The third-order valence-electron chi connectivity index (χ3n) is 4.34. The van der Waals surface area contributed by atoms with Crippen LogP contribution in [0.1, 0.15) is 21.5 Å². The highest BCUT2D eigenvalue weighted by molar-refractivity contribution is 9.10. The van der Waals surface area contributed by atoms with Crippen LogP contribution in [0.4, 0.5) is 10.2 Å². The molecule has 0 aliphatic heterocycles. The summed E-state index contributed by atoms with van der Waals surface area (Å²) in [6.45, 7) is 2.32. The average Bonchev–Trinajstić information content (AvgIpc) is 2.69. The fourth-order valence-electron chi connectivity index (χ4n) is 2.72. The first kappa shape index (κ1) is 21.9. The van der Waals surface area contributed by atoms with Gasteiger partial charge in [0.05, 0.1) is 4.47 Å². The van der Waals surface area contributed by atoms with E-state index >= 15 is 0 Å². The fraction of sp³-hybridized carbons (Fsp3) is 0.143. The van der Waals surface area contributed by atoms with Gasteiger partial charge in [0.1, 0.15) is 16.5 Å². The van der Waals surface area contributed by atoms with Crippen LogP contribution in [0.2, 0.25) is 0 Å². The van der Waals surface area contributed by atoms with Crippen molar-refractivity contribution in [3.05, 3.63) is 87.8 Å². The molecule has 3 aromatic rings. The fourth-order valence-corrected chi connectivity index (χ4v) is 4.47. The normalized spacial score (nSPS) is 11.2. The molecule has 0 unspecified atom stereocenters. The van der Waals surface area contributed by atoms with Crippen LogP contribution < -0.4 is 9.62 Å². The van der Waals surface area contributed by atoms with E-state index in [1.54, 1.807) is 48.3 Å². The van der Waals surface area contributed by atoms with Gasteiger partial charge >= 0.3 is 0 Å². The molecular formula is C21H19BrFN3O3S. The van der Waals surface area contributed by atoms with Gasteiger partial charge in [0, 0.05) is 25.4 Å². The maximum atomic E-state index is 13.1. The number of nitrogens with zero attached hydrogens (tertiary/aromatic N) is 2. The van der Waals surface area contributed by atoms with Crippen LogP contribution in [0.3, 0.4) is 0 Å². The molecular weight excluding hydrogens is 473 g/mol. The molecule has 0 bridgehead atoms. The number of hydrogen-bond acceptors (Lipinski definition) is 5. The first-order valence-corrected chi connectivity index (χ1v) is 11.2. The van der Waals surface area contributed by atoms with Crippen molar-refractivity contribution in [3.8, 4) is 0 Å². The van der Waals surface area contributed by atoms with Crippen molar-refractivity contribution >= 4 is 37.7 Å². The van der Waals surface area contributed by atoms with E-state index in [1.165, 1.54) is 24.4 Å². The Hall–Kier alpha value is -2.78. The lowest BCUT2D eigenvalue weighted by Crippen LogP contribution is -2.30. The van der Waals surface area contributed by atoms with Crippen LogP contribution in [0.25, 0.3) is 0 Å². The van der Waals surface area contributed by atoms with Crippen LogP contribution in [-0.2, 0) is 16.6 Å². The predicted molar refractivity (Wildman–Crippen MR) is 116 cm³/mol. The summed E-state index contributed by atoms with van der Waals surface area (Å²) in [6.07, 6.45) is 1.19. The second-order valence-electron chi connectivity index (χ2n) is 6.76. The van der Waals surface area contributed by atoms with Crippen molar-refractivity contribution in [2.75, 3.05) is 11.9 Å². The lowest BCUT2D eigenvalue weighted by atomic mass is 10.1. The van der Waals surface area contributed by atoms with Crippen molar-refractivity contribution in [3.63, 3.8) is 0 Å². The van der Waals surface area contributed by atoms with E-state index < -0.39 is 15.9 Å². The van der Waals surface area contributed by atoms with Gasteiger partial charge in [-0.2, -0.15) is 0 Å². The Bertz CT molecular complexity index is 1170. The molecule has 1 aromatic heterocycles. The van der Waals surface area contributed by atoms with Gasteiger partial charge in [-0.05, 0) is 58.7 Å². The minimum Gasteiger partial charge on any atom is -0.354 e. The van der Waals surface area contributed by atoms with E-state index in [0.717, 1.165) is 11.1 Å². The number of benzene rings is 2. The molecule has 0 radical (unpaired) electrons. The van der Waals surface area contributed by atoms with Gasteiger partial charge in [0.2, 0.25) is 0 Å². The monoisotopic (exact) mass is 491 g/mol. The van der Waals surface area contributed by atoms with Crippen LogP contribution in [0, 0.1) is 12.7 Å². The van der Waals surface area contributed by atoms with Crippen molar-refractivity contribution in [2.24, 2.45) is 0 Å². The highest BCUT2D eigenvalue weighted by atomic mass is 79.9. The largest absolute Gasteiger partial charge is 0.354 e. The molecule has 0 aliphatic rings. The van der Waals surface area contributed by atoms with Gasteiger partial charge in [-0.15, -0.1) is 0 Å². The van der Waals surface area contributed by atoms with E-state index in [9.17, 15) is 17.6 Å². The van der Waals surface area contributed by atoms with Crippen molar-refractivity contribution in [2.45, 2.75) is 18.4 Å². The minimum absolute atomic E-state index is 0.145. The standard InChI is InChI=1S/C21H19BrFN3O3S/c1-14-3-7-16(8-4-14)21(27)25-30(28,29)18-11-19(22)20(24-12-18)26(2)13-15-5-9-17(23)10-6-15/h3-12H,13H2,1-2H3,(H,25,27). The van der Waals surface area contributed by atoms with Gasteiger partial charge in [-0.25, -0.2) is 22.5 Å². The molecule has 156 valence electrons. The van der Waals surface area contributed by atoms with Crippen molar-refractivity contribution in [1.82, 2.24) is 9.71 Å². The Morgan fingerprint density at radius 3 is 2.37 bits per heavy atom. The molecule has 30 heavy (non-hydrogen) atoms. The molecule has 3 rings (SSSR count). The van der Waals surface area contributed by atoms with E-state index in [0.29, 0.717) is 16.8 Å². The maximum Gasteiger partial charge on any atom is 0.265 e. The first-order chi connectivity index (χ1) is 14.2. The van der Waals surface area contributed by atoms with Gasteiger partial charge in [-0.1, -0.05) is 29.8 Å². The third-order valence-corrected chi connectivity index (χ3v) is 6.22. The number of aryl methyl sites for hydroxylation is 1. The number of rotatable bonds is 6. The maximum absolute atomic E-state index is 13.1. The number of sulfonamides is 1. The number of aromatic nitrogens is 1. The topological polar surface area (TPSA) is 79.4 Å². The molecule has 0 saturated heterocycles. The van der Waals surface area contributed by atoms with Crippen molar-refractivity contribution < 1.29 is 17.6 Å². The van der Waals surface area contributed by atoms with Crippen LogP contribution in [0.5, 0.6) is 0 Å². The van der Waals surface area contributed by atoms with E-state index in [-0.39, 0.29) is 16.3 Å². The molecule has 0 fully saturated rings. The highest BCUT2D eigenvalue weighted by Gasteiger charge is 2.21. The number of nitrogens with one attached hydrogen (secondary N) is 1. The molecule has 0 aliphatic carbocycles. The third kappa shape index (κ3) is 5.22. The van der Waals surface area contributed by atoms with Gasteiger partial charge in [-0.3, -0.25) is 4.79 Å². The molecule has 0 atom stereocenters. The Morgan fingerprint density at radius 2 is 1.77 bits per heavy atom. The van der Waals surface area contributed by atoms with Gasteiger partial charge in [0.25, 0.3) is 15.9 Å². The Balaban J connectivity index is 1.76. The van der Waals surface area contributed by atoms with Crippen LogP contribution in [0.15, 0.2) is 70.2 Å². The second-order valence-corrected chi connectivity index (χ2v) is 9.30. The summed E-state index contributed by atoms with van der Waals surface area (Å²) < 4.78 is 40.8. The Morgan fingerprint density at radius 1 is 1.13 bits per heavy atom. The summed E-state index contributed by atoms with van der Waals surface area (Å²) in [6, 6.07) is 14.0. The highest BCUT2D eigenvalue weighted by Crippen LogP contribution is 2.26. The lowest BCUT2D eigenvalue weighted by molar-refractivity contribution is 0.0981. The molecule has 1 N–H and O–H groups in total. The summed E-state index contributed by atoms with van der Waals surface area (Å²) in [5.74, 6) is -0.533. The number of amides is 1. The zero-order valence-electron chi connectivity index (χ0n) is 16.3. The molecule has 6 nitrogen and oxygen atoms in total. The molecule has 0 spiro atoms. The number of pyridine rings is 1. The Labute approximate surface area is 182 Å². The number of anilines is 1. The van der Waals surface area contributed by atoms with Crippen molar-refractivity contribution in [1.29, 1.82) is 0 Å². The summed E-state index contributed by atoms with van der Waals surface area (Å²) in [4.78, 5) is 18.1. The number of hydrogen-bond donors (Lipinski definition) is 1. The van der Waals surface area contributed by atoms with E-state index in [1.807, 2.05) is 6.92 Å². The van der Waals surface area contributed by atoms with Crippen LogP contribution >= 0.6 is 15.9 Å².